The number of aliphatic hydroxyl groups is 1. The van der Waals surface area contributed by atoms with Crippen LogP contribution < -0.4 is 5.73 Å². The molecule has 0 amide bonds. The van der Waals surface area contributed by atoms with Crippen LogP contribution in [0.2, 0.25) is 0 Å². The maximum Gasteiger partial charge on any atom is 0.165 e. The molecule has 0 aliphatic carbocycles. The summed E-state index contributed by atoms with van der Waals surface area (Å²) >= 11 is 3.05. The Kier molecular flexibility index (Phi) is 3.66. The third-order valence-corrected chi connectivity index (χ3v) is 6.34. The van der Waals surface area contributed by atoms with Gasteiger partial charge in [0.15, 0.2) is 13.5 Å². The molecule has 2 atom stereocenters. The Morgan fingerprint density at radius 2 is 1.81 bits per heavy atom. The fraction of sp³-hybridized carbons (Fsp3) is 0.400. The molecule has 4 nitrogen and oxygen atoms in total. The zero-order chi connectivity index (χ0) is 12.6. The molecule has 1 aromatic rings. The number of hydrogen-bond acceptors (Lipinski definition) is 4. The van der Waals surface area contributed by atoms with Gasteiger partial charge in [0.25, 0.3) is 0 Å². The smallest absolute Gasteiger partial charge is 0.165 e. The largest absolute Gasteiger partial charge is 0.399 e. The highest BCUT2D eigenvalue weighted by molar-refractivity contribution is 9.11. The second-order valence-electron chi connectivity index (χ2n) is 3.83. The van der Waals surface area contributed by atoms with E-state index in [0.717, 1.165) is 6.26 Å². The predicted octanol–water partition coefficient (Wildman–Crippen LogP) is 1.46. The quantitative estimate of drug-likeness (QED) is 0.654. The zero-order valence-corrected chi connectivity index (χ0v) is 11.4. The van der Waals surface area contributed by atoms with Crippen LogP contribution in [-0.2, 0) is 9.84 Å². The molecule has 0 fully saturated rings. The van der Waals surface area contributed by atoms with Crippen molar-refractivity contribution in [2.45, 2.75) is 16.7 Å². The first-order valence-corrected chi connectivity index (χ1v) is 7.26. The van der Waals surface area contributed by atoms with E-state index >= 15 is 0 Å². The van der Waals surface area contributed by atoms with Crippen molar-refractivity contribution in [2.24, 2.45) is 0 Å². The standard InChI is InChI=1S/C10H14BrNO3S/c1-10(11,16(2,14)15)9(13)7-3-5-8(12)6-4-7/h3-6,9,13H,12H2,1-2H3/t9-,10-/m1/s1. The van der Waals surface area contributed by atoms with Gasteiger partial charge in [-0.25, -0.2) is 8.42 Å². The van der Waals surface area contributed by atoms with E-state index in [2.05, 4.69) is 15.9 Å². The Balaban J connectivity index is 3.12. The van der Waals surface area contributed by atoms with E-state index in [9.17, 15) is 13.5 Å². The van der Waals surface area contributed by atoms with Crippen LogP contribution in [-0.4, -0.2) is 23.4 Å². The average molecular weight is 308 g/mol. The lowest BCUT2D eigenvalue weighted by Crippen LogP contribution is -2.34. The topological polar surface area (TPSA) is 80.4 Å². The van der Waals surface area contributed by atoms with E-state index in [1.807, 2.05) is 0 Å². The van der Waals surface area contributed by atoms with Crippen LogP contribution in [0.25, 0.3) is 0 Å². The normalized spacial score (nSPS) is 17.8. The molecule has 16 heavy (non-hydrogen) atoms. The summed E-state index contributed by atoms with van der Waals surface area (Å²) in [7, 11) is -3.42. The van der Waals surface area contributed by atoms with Crippen LogP contribution in [0.3, 0.4) is 0 Å². The first-order valence-electron chi connectivity index (χ1n) is 4.58. The van der Waals surface area contributed by atoms with E-state index in [1.165, 1.54) is 6.92 Å². The van der Waals surface area contributed by atoms with E-state index in [0.29, 0.717) is 11.3 Å². The molecular weight excluding hydrogens is 294 g/mol. The summed E-state index contributed by atoms with van der Waals surface area (Å²) in [6, 6.07) is 6.43. The van der Waals surface area contributed by atoms with E-state index in [-0.39, 0.29) is 0 Å². The molecule has 6 heteroatoms. The molecule has 0 aliphatic heterocycles. The van der Waals surface area contributed by atoms with Gasteiger partial charge in [0, 0.05) is 11.9 Å². The molecule has 0 spiro atoms. The summed E-state index contributed by atoms with van der Waals surface area (Å²) in [6.45, 7) is 1.42. The van der Waals surface area contributed by atoms with Gasteiger partial charge in [-0.05, 0) is 24.6 Å². The number of nitrogen functional groups attached to an aromatic ring is 1. The van der Waals surface area contributed by atoms with E-state index in [1.54, 1.807) is 24.3 Å². The molecule has 0 saturated carbocycles. The van der Waals surface area contributed by atoms with Crippen molar-refractivity contribution >= 4 is 31.5 Å². The minimum atomic E-state index is -3.42. The highest BCUT2D eigenvalue weighted by atomic mass is 79.9. The Labute approximate surface area is 104 Å². The van der Waals surface area contributed by atoms with Gasteiger partial charge in [-0.1, -0.05) is 28.1 Å². The fourth-order valence-corrected chi connectivity index (χ4v) is 1.98. The van der Waals surface area contributed by atoms with Crippen molar-refractivity contribution in [3.8, 4) is 0 Å². The van der Waals surface area contributed by atoms with Crippen LogP contribution in [0.5, 0.6) is 0 Å². The van der Waals surface area contributed by atoms with Gasteiger partial charge in [-0.15, -0.1) is 0 Å². The monoisotopic (exact) mass is 307 g/mol. The number of alkyl halides is 1. The second-order valence-corrected chi connectivity index (χ2v) is 8.39. The van der Waals surface area contributed by atoms with Gasteiger partial charge < -0.3 is 10.8 Å². The Hall–Kier alpha value is -0.590. The van der Waals surface area contributed by atoms with Crippen molar-refractivity contribution in [3.05, 3.63) is 29.8 Å². The summed E-state index contributed by atoms with van der Waals surface area (Å²) in [5.41, 5.74) is 6.57. The molecule has 0 aliphatic rings. The van der Waals surface area contributed by atoms with Crippen LogP contribution in [0.1, 0.15) is 18.6 Å². The van der Waals surface area contributed by atoms with Crippen LogP contribution in [0.4, 0.5) is 5.69 Å². The molecule has 0 heterocycles. The molecule has 0 bridgehead atoms. The van der Waals surface area contributed by atoms with Gasteiger partial charge in [0.2, 0.25) is 0 Å². The third-order valence-electron chi connectivity index (χ3n) is 2.47. The molecule has 90 valence electrons. The maximum atomic E-state index is 11.5. The molecule has 0 radical (unpaired) electrons. The molecule has 1 aromatic carbocycles. The maximum absolute atomic E-state index is 11.5. The van der Waals surface area contributed by atoms with Gasteiger partial charge in [-0.2, -0.15) is 0 Å². The fourth-order valence-electron chi connectivity index (χ4n) is 1.18. The number of hydrogen-bond donors (Lipinski definition) is 2. The molecule has 1 rings (SSSR count). The number of aliphatic hydroxyl groups excluding tert-OH is 1. The highest BCUT2D eigenvalue weighted by Gasteiger charge is 2.41. The number of anilines is 1. The number of sulfone groups is 1. The van der Waals surface area contributed by atoms with Crippen molar-refractivity contribution in [1.29, 1.82) is 0 Å². The van der Waals surface area contributed by atoms with E-state index < -0.39 is 19.6 Å². The summed E-state index contributed by atoms with van der Waals surface area (Å²) in [6.07, 6.45) is -0.0782. The predicted molar refractivity (Wildman–Crippen MR) is 68.0 cm³/mol. The lowest BCUT2D eigenvalue weighted by atomic mass is 10.1. The lowest BCUT2D eigenvalue weighted by molar-refractivity contribution is 0.168. The van der Waals surface area contributed by atoms with Crippen molar-refractivity contribution in [2.75, 3.05) is 12.0 Å². The second kappa shape index (κ2) is 4.35. The van der Waals surface area contributed by atoms with Crippen LogP contribution in [0.15, 0.2) is 24.3 Å². The summed E-state index contributed by atoms with van der Waals surface area (Å²) in [4.78, 5) is 0. The van der Waals surface area contributed by atoms with Gasteiger partial charge in [0.1, 0.15) is 6.10 Å². The molecular formula is C10H14BrNO3S. The van der Waals surface area contributed by atoms with E-state index in [4.69, 9.17) is 5.73 Å². The third kappa shape index (κ3) is 2.56. The van der Waals surface area contributed by atoms with Crippen LogP contribution >= 0.6 is 15.9 Å². The first kappa shape index (κ1) is 13.5. The number of rotatable bonds is 3. The minimum absolute atomic E-state index is 0.499. The van der Waals surface area contributed by atoms with Gasteiger partial charge in [0.05, 0.1) is 0 Å². The van der Waals surface area contributed by atoms with Crippen molar-refractivity contribution < 1.29 is 13.5 Å². The van der Waals surface area contributed by atoms with Crippen molar-refractivity contribution in [3.63, 3.8) is 0 Å². The Morgan fingerprint density at radius 1 is 1.38 bits per heavy atom. The molecule has 0 unspecified atom stereocenters. The minimum Gasteiger partial charge on any atom is -0.399 e. The Morgan fingerprint density at radius 3 is 2.19 bits per heavy atom. The van der Waals surface area contributed by atoms with Crippen LogP contribution in [0, 0.1) is 0 Å². The molecule has 0 saturated heterocycles. The first-order chi connectivity index (χ1) is 7.16. The zero-order valence-electron chi connectivity index (χ0n) is 9.01. The number of halogens is 1. The average Bonchev–Trinajstić information content (AvgIpc) is 2.16. The SMILES string of the molecule is C[C@](Br)([C@H](O)c1ccc(N)cc1)S(C)(=O)=O. The Bertz CT molecular complexity index is 467. The number of benzene rings is 1. The highest BCUT2D eigenvalue weighted by Crippen LogP contribution is 2.37. The van der Waals surface area contributed by atoms with Gasteiger partial charge >= 0.3 is 0 Å². The summed E-state index contributed by atoms with van der Waals surface area (Å²) < 4.78 is 21.6. The summed E-state index contributed by atoms with van der Waals surface area (Å²) in [5.74, 6) is 0. The van der Waals surface area contributed by atoms with Gasteiger partial charge in [-0.3, -0.25) is 0 Å². The molecule has 3 N–H and O–H groups in total. The molecule has 0 aromatic heterocycles. The lowest BCUT2D eigenvalue weighted by Gasteiger charge is -2.26. The number of nitrogens with two attached hydrogens (primary N) is 1. The van der Waals surface area contributed by atoms with Crippen molar-refractivity contribution in [1.82, 2.24) is 0 Å². The summed E-state index contributed by atoms with van der Waals surface area (Å²) in [5, 5.41) is 10.0.